The molecule has 2 rings (SSSR count). The number of benzene rings is 1. The molecule has 0 saturated carbocycles. The third kappa shape index (κ3) is 1.88. The first-order valence-electron chi connectivity index (χ1n) is 4.45. The molecule has 1 aliphatic heterocycles. The second-order valence-corrected chi connectivity index (χ2v) is 3.32. The van der Waals surface area contributed by atoms with Gasteiger partial charge >= 0.3 is 5.91 Å². The molecule has 5 nitrogen and oxygen atoms in total. The lowest BCUT2D eigenvalue weighted by Crippen LogP contribution is -2.42. The summed E-state index contributed by atoms with van der Waals surface area (Å²) in [6, 6.07) is 9.20. The van der Waals surface area contributed by atoms with Crippen LogP contribution in [0.1, 0.15) is 5.56 Å². The quantitative estimate of drug-likeness (QED) is 0.652. The molecule has 0 spiro atoms. The average Bonchev–Trinajstić information content (AvgIpc) is 2.47. The summed E-state index contributed by atoms with van der Waals surface area (Å²) in [5.74, 6) is -3.28. The minimum Gasteiger partial charge on any atom is -0.354 e. The summed E-state index contributed by atoms with van der Waals surface area (Å²) in [4.78, 5) is 11.3. The largest absolute Gasteiger partial charge is 0.354 e. The zero-order valence-corrected chi connectivity index (χ0v) is 7.87. The summed E-state index contributed by atoms with van der Waals surface area (Å²) in [6.45, 7) is 0.235. The molecule has 1 aromatic carbocycles. The summed E-state index contributed by atoms with van der Waals surface area (Å²) in [5, 5.41) is 22.9. The van der Waals surface area contributed by atoms with Crippen LogP contribution in [0.5, 0.6) is 0 Å². The van der Waals surface area contributed by atoms with E-state index in [1.54, 1.807) is 0 Å². The molecule has 5 heteroatoms. The van der Waals surface area contributed by atoms with E-state index in [1.807, 2.05) is 30.3 Å². The zero-order chi connectivity index (χ0) is 10.9. The Labute approximate surface area is 86.3 Å². The van der Waals surface area contributed by atoms with Crippen LogP contribution < -0.4 is 0 Å². The second kappa shape index (κ2) is 3.45. The van der Waals surface area contributed by atoms with E-state index in [2.05, 4.69) is 5.10 Å². The van der Waals surface area contributed by atoms with Crippen molar-refractivity contribution in [2.75, 3.05) is 0 Å². The van der Waals surface area contributed by atoms with Crippen LogP contribution >= 0.6 is 0 Å². The van der Waals surface area contributed by atoms with Crippen LogP contribution in [0, 0.1) is 0 Å². The number of aliphatic hydroxyl groups is 2. The zero-order valence-electron chi connectivity index (χ0n) is 7.87. The van der Waals surface area contributed by atoms with Crippen LogP contribution in [0.2, 0.25) is 0 Å². The Morgan fingerprint density at radius 1 is 1.27 bits per heavy atom. The maximum atomic E-state index is 11.3. The molecule has 78 valence electrons. The van der Waals surface area contributed by atoms with Crippen molar-refractivity contribution in [3.8, 4) is 0 Å². The van der Waals surface area contributed by atoms with Crippen molar-refractivity contribution in [3.05, 3.63) is 35.9 Å². The summed E-state index contributed by atoms with van der Waals surface area (Å²) in [5.41, 5.74) is 0.876. The molecule has 0 bridgehead atoms. The molecular weight excluding hydrogens is 196 g/mol. The minimum atomic E-state index is -2.45. The van der Waals surface area contributed by atoms with Crippen LogP contribution in [-0.4, -0.2) is 33.1 Å². The van der Waals surface area contributed by atoms with Gasteiger partial charge in [-0.3, -0.25) is 4.79 Å². The molecule has 0 saturated heterocycles. The average molecular weight is 206 g/mol. The first kappa shape index (κ1) is 9.82. The van der Waals surface area contributed by atoms with Crippen LogP contribution in [0.15, 0.2) is 35.4 Å². The predicted molar refractivity (Wildman–Crippen MR) is 52.7 cm³/mol. The Kier molecular flexibility index (Phi) is 2.26. The molecule has 1 heterocycles. The molecular formula is C10H10N2O3. The summed E-state index contributed by atoms with van der Waals surface area (Å²) in [7, 11) is 0. The molecule has 0 aromatic heterocycles. The van der Waals surface area contributed by atoms with Crippen LogP contribution in [-0.2, 0) is 11.3 Å². The van der Waals surface area contributed by atoms with E-state index in [0.29, 0.717) is 0 Å². The van der Waals surface area contributed by atoms with Crippen molar-refractivity contribution in [1.29, 1.82) is 0 Å². The van der Waals surface area contributed by atoms with Crippen molar-refractivity contribution in [2.24, 2.45) is 5.10 Å². The lowest BCUT2D eigenvalue weighted by molar-refractivity contribution is -0.167. The molecule has 0 aliphatic carbocycles. The first-order chi connectivity index (χ1) is 7.09. The highest BCUT2D eigenvalue weighted by atomic mass is 16.5. The number of hydrogen-bond acceptors (Lipinski definition) is 4. The molecule has 0 radical (unpaired) electrons. The number of carbonyl (C=O) groups is 1. The van der Waals surface area contributed by atoms with E-state index < -0.39 is 11.7 Å². The van der Waals surface area contributed by atoms with Crippen molar-refractivity contribution in [2.45, 2.75) is 12.3 Å². The van der Waals surface area contributed by atoms with Crippen LogP contribution in [0.4, 0.5) is 0 Å². The Balaban J connectivity index is 2.10. The highest BCUT2D eigenvalue weighted by Crippen LogP contribution is 2.15. The highest BCUT2D eigenvalue weighted by Gasteiger charge is 2.40. The number of hydrogen-bond donors (Lipinski definition) is 2. The SMILES string of the molecule is O=C1N(Cc2ccccc2)N=CC1(O)O. The fourth-order valence-electron chi connectivity index (χ4n) is 1.32. The number of amides is 1. The van der Waals surface area contributed by atoms with E-state index in [1.165, 1.54) is 0 Å². The van der Waals surface area contributed by atoms with E-state index in [4.69, 9.17) is 10.2 Å². The standard InChI is InChI=1S/C10H10N2O3/c13-9-10(14,15)7-11-12(9)6-8-4-2-1-3-5-8/h1-5,7,14-15H,6H2. The number of hydrazone groups is 1. The van der Waals surface area contributed by atoms with Gasteiger partial charge in [-0.1, -0.05) is 30.3 Å². The van der Waals surface area contributed by atoms with E-state index in [0.717, 1.165) is 16.8 Å². The van der Waals surface area contributed by atoms with Crippen molar-refractivity contribution >= 4 is 12.1 Å². The van der Waals surface area contributed by atoms with Gasteiger partial charge in [-0.25, -0.2) is 5.01 Å². The molecule has 1 amide bonds. The van der Waals surface area contributed by atoms with Gasteiger partial charge in [0.15, 0.2) is 0 Å². The summed E-state index contributed by atoms with van der Waals surface area (Å²) in [6.07, 6.45) is 0.818. The van der Waals surface area contributed by atoms with Gasteiger partial charge in [0.05, 0.1) is 12.8 Å². The number of carbonyl (C=O) groups excluding carboxylic acids is 1. The Morgan fingerprint density at radius 2 is 1.93 bits per heavy atom. The monoisotopic (exact) mass is 206 g/mol. The Hall–Kier alpha value is -1.72. The molecule has 0 fully saturated rings. The second-order valence-electron chi connectivity index (χ2n) is 3.32. The smallest absolute Gasteiger partial charge is 0.309 e. The molecule has 0 unspecified atom stereocenters. The fourth-order valence-corrected chi connectivity index (χ4v) is 1.32. The number of nitrogens with zero attached hydrogens (tertiary/aromatic N) is 2. The third-order valence-electron chi connectivity index (χ3n) is 2.10. The maximum Gasteiger partial charge on any atom is 0.309 e. The van der Waals surface area contributed by atoms with Crippen LogP contribution in [0.3, 0.4) is 0 Å². The van der Waals surface area contributed by atoms with E-state index in [-0.39, 0.29) is 6.54 Å². The maximum absolute atomic E-state index is 11.3. The van der Waals surface area contributed by atoms with E-state index >= 15 is 0 Å². The topological polar surface area (TPSA) is 73.1 Å². The van der Waals surface area contributed by atoms with E-state index in [9.17, 15) is 4.79 Å². The Bertz CT molecular complexity index is 400. The van der Waals surface area contributed by atoms with Gasteiger partial charge in [-0.05, 0) is 5.56 Å². The molecule has 0 atom stereocenters. The summed E-state index contributed by atoms with van der Waals surface area (Å²) >= 11 is 0. The third-order valence-corrected chi connectivity index (χ3v) is 2.10. The van der Waals surface area contributed by atoms with Gasteiger partial charge < -0.3 is 10.2 Å². The highest BCUT2D eigenvalue weighted by molar-refractivity contribution is 6.02. The van der Waals surface area contributed by atoms with Gasteiger partial charge in [0.1, 0.15) is 0 Å². The summed E-state index contributed by atoms with van der Waals surface area (Å²) < 4.78 is 0. The van der Waals surface area contributed by atoms with Crippen molar-refractivity contribution in [3.63, 3.8) is 0 Å². The van der Waals surface area contributed by atoms with Crippen molar-refractivity contribution in [1.82, 2.24) is 5.01 Å². The molecule has 2 N–H and O–H groups in total. The van der Waals surface area contributed by atoms with Crippen LogP contribution in [0.25, 0.3) is 0 Å². The normalized spacial score (nSPS) is 18.5. The van der Waals surface area contributed by atoms with Gasteiger partial charge in [-0.15, -0.1) is 0 Å². The van der Waals surface area contributed by atoms with Gasteiger partial charge in [0, 0.05) is 0 Å². The molecule has 1 aliphatic rings. The first-order valence-corrected chi connectivity index (χ1v) is 4.45. The van der Waals surface area contributed by atoms with Gasteiger partial charge in [0.2, 0.25) is 0 Å². The predicted octanol–water partition coefficient (Wildman–Crippen LogP) is -0.304. The number of rotatable bonds is 2. The van der Waals surface area contributed by atoms with Crippen molar-refractivity contribution < 1.29 is 15.0 Å². The lowest BCUT2D eigenvalue weighted by atomic mass is 10.2. The van der Waals surface area contributed by atoms with Gasteiger partial charge in [-0.2, -0.15) is 5.10 Å². The minimum absolute atomic E-state index is 0.235. The Morgan fingerprint density at radius 3 is 2.47 bits per heavy atom. The van der Waals surface area contributed by atoms with Gasteiger partial charge in [0.25, 0.3) is 5.79 Å². The molecule has 15 heavy (non-hydrogen) atoms. The molecule has 1 aromatic rings. The fraction of sp³-hybridized carbons (Fsp3) is 0.200. The lowest BCUT2D eigenvalue weighted by Gasteiger charge is -2.15.